The molecule has 1 aromatic rings. The molecule has 3 N–H and O–H groups in total. The number of hydrogen-bond donors (Lipinski definition) is 3. The van der Waals surface area contributed by atoms with Crippen LogP contribution in [0.2, 0.25) is 0 Å². The molecule has 0 fully saturated rings. The van der Waals surface area contributed by atoms with Gasteiger partial charge in [0, 0.05) is 29.9 Å². The molecule has 0 saturated heterocycles. The Labute approximate surface area is 207 Å². The number of halogens is 1. The van der Waals surface area contributed by atoms with Crippen molar-refractivity contribution in [2.75, 3.05) is 25.0 Å². The summed E-state index contributed by atoms with van der Waals surface area (Å²) in [4.78, 5) is -0.155. The van der Waals surface area contributed by atoms with Crippen LogP contribution in [0.3, 0.4) is 0 Å². The zero-order chi connectivity index (χ0) is 24.8. The van der Waals surface area contributed by atoms with Crippen LogP contribution in [-0.4, -0.2) is 53.1 Å². The molecule has 1 aliphatic carbocycles. The van der Waals surface area contributed by atoms with E-state index in [1.807, 2.05) is 19.9 Å². The Morgan fingerprint density at radius 1 is 1.27 bits per heavy atom. The Morgan fingerprint density at radius 3 is 2.55 bits per heavy atom. The van der Waals surface area contributed by atoms with E-state index in [4.69, 9.17) is 0 Å². The normalized spacial score (nSPS) is 19.0. The minimum absolute atomic E-state index is 0.0110. The number of hydrogen-bond acceptors (Lipinski definition) is 5. The standard InChI is InChI=1S/C25H38BrNO5S/c1-5-6-7-8-19-16-22(29)23(21-15-18(4)9-10-20(21)17(2)3)24(30)25(19)33(31,32)27(12-11-26)13-14-28/h15-16,20-21,28-30H,2,5-14H2,1,3-4H3. The zero-order valence-electron chi connectivity index (χ0n) is 20.0. The molecule has 0 heterocycles. The summed E-state index contributed by atoms with van der Waals surface area (Å²) in [6, 6.07) is 1.51. The van der Waals surface area contributed by atoms with Gasteiger partial charge in [-0.1, -0.05) is 59.5 Å². The van der Waals surface area contributed by atoms with Gasteiger partial charge in [-0.05, 0) is 57.1 Å². The third kappa shape index (κ3) is 6.41. The molecule has 2 rings (SSSR count). The summed E-state index contributed by atoms with van der Waals surface area (Å²) in [6.07, 6.45) is 6.76. The highest BCUT2D eigenvalue weighted by Crippen LogP contribution is 2.49. The number of phenolic OH excluding ortho intramolecular Hbond substituents is 2. The summed E-state index contributed by atoms with van der Waals surface area (Å²) in [5.74, 6) is -0.851. The van der Waals surface area contributed by atoms with Crippen molar-refractivity contribution in [2.24, 2.45) is 5.92 Å². The lowest BCUT2D eigenvalue weighted by atomic mass is 9.73. The third-order valence-corrected chi connectivity index (χ3v) is 8.76. The van der Waals surface area contributed by atoms with Gasteiger partial charge in [0.05, 0.1) is 6.61 Å². The number of nitrogens with zero attached hydrogens (tertiary/aromatic N) is 1. The van der Waals surface area contributed by atoms with Crippen LogP contribution in [0.4, 0.5) is 0 Å². The number of aliphatic hydroxyl groups excluding tert-OH is 1. The molecule has 0 aliphatic heterocycles. The second-order valence-electron chi connectivity index (χ2n) is 8.95. The lowest BCUT2D eigenvalue weighted by Crippen LogP contribution is -2.36. The fourth-order valence-corrected chi connectivity index (χ4v) is 7.09. The Balaban J connectivity index is 2.77. The molecular weight excluding hydrogens is 506 g/mol. The van der Waals surface area contributed by atoms with E-state index < -0.39 is 10.0 Å². The molecule has 0 bridgehead atoms. The van der Waals surface area contributed by atoms with Crippen molar-refractivity contribution in [3.05, 3.63) is 41.0 Å². The largest absolute Gasteiger partial charge is 0.507 e. The molecular formula is C25H38BrNO5S. The first-order valence-electron chi connectivity index (χ1n) is 11.7. The lowest BCUT2D eigenvalue weighted by molar-refractivity contribution is 0.257. The summed E-state index contributed by atoms with van der Waals surface area (Å²) >= 11 is 3.28. The molecule has 0 aromatic heterocycles. The second-order valence-corrected chi connectivity index (χ2v) is 11.6. The zero-order valence-corrected chi connectivity index (χ0v) is 22.4. The summed E-state index contributed by atoms with van der Waals surface area (Å²) in [7, 11) is -4.11. The van der Waals surface area contributed by atoms with Gasteiger partial charge in [-0.3, -0.25) is 0 Å². The molecule has 0 amide bonds. The van der Waals surface area contributed by atoms with E-state index in [9.17, 15) is 23.7 Å². The molecule has 0 radical (unpaired) electrons. The average molecular weight is 545 g/mol. The van der Waals surface area contributed by atoms with E-state index in [0.717, 1.165) is 43.3 Å². The van der Waals surface area contributed by atoms with Crippen molar-refractivity contribution >= 4 is 26.0 Å². The van der Waals surface area contributed by atoms with Gasteiger partial charge < -0.3 is 15.3 Å². The average Bonchev–Trinajstić information content (AvgIpc) is 2.73. The van der Waals surface area contributed by atoms with Crippen LogP contribution in [0.1, 0.15) is 69.9 Å². The summed E-state index contributed by atoms with van der Waals surface area (Å²) < 4.78 is 28.6. The number of sulfonamides is 1. The minimum Gasteiger partial charge on any atom is -0.507 e. The Morgan fingerprint density at radius 2 is 1.97 bits per heavy atom. The maximum atomic E-state index is 13.7. The van der Waals surface area contributed by atoms with Crippen LogP contribution in [0.15, 0.2) is 34.8 Å². The van der Waals surface area contributed by atoms with Gasteiger partial charge in [0.15, 0.2) is 0 Å². The van der Waals surface area contributed by atoms with Crippen LogP contribution in [0.25, 0.3) is 0 Å². The van der Waals surface area contributed by atoms with Gasteiger partial charge in [0.25, 0.3) is 0 Å². The highest BCUT2D eigenvalue weighted by Gasteiger charge is 2.36. The fourth-order valence-electron chi connectivity index (χ4n) is 4.66. The van der Waals surface area contributed by atoms with Crippen molar-refractivity contribution in [3.8, 4) is 11.5 Å². The summed E-state index contributed by atoms with van der Waals surface area (Å²) in [6.45, 7) is 9.85. The van der Waals surface area contributed by atoms with Gasteiger partial charge in [-0.25, -0.2) is 8.42 Å². The molecule has 186 valence electrons. The number of allylic oxidation sites excluding steroid dienone is 3. The highest BCUT2D eigenvalue weighted by molar-refractivity contribution is 9.09. The number of aryl methyl sites for hydroxylation is 1. The quantitative estimate of drug-likeness (QED) is 0.190. The van der Waals surface area contributed by atoms with Crippen molar-refractivity contribution in [1.82, 2.24) is 4.31 Å². The number of alkyl halides is 1. The predicted molar refractivity (Wildman–Crippen MR) is 137 cm³/mol. The van der Waals surface area contributed by atoms with Crippen LogP contribution in [-0.2, 0) is 16.4 Å². The first kappa shape index (κ1) is 27.9. The molecule has 33 heavy (non-hydrogen) atoms. The molecule has 2 unspecified atom stereocenters. The molecule has 0 spiro atoms. The Hall–Kier alpha value is -1.35. The maximum absolute atomic E-state index is 13.7. The second kappa shape index (κ2) is 12.4. The summed E-state index contributed by atoms with van der Waals surface area (Å²) in [5.41, 5.74) is 2.71. The highest BCUT2D eigenvalue weighted by atomic mass is 79.9. The van der Waals surface area contributed by atoms with Crippen molar-refractivity contribution in [3.63, 3.8) is 0 Å². The molecule has 2 atom stereocenters. The molecule has 6 nitrogen and oxygen atoms in total. The monoisotopic (exact) mass is 543 g/mol. The lowest BCUT2D eigenvalue weighted by Gasteiger charge is -2.32. The van der Waals surface area contributed by atoms with Gasteiger partial charge >= 0.3 is 0 Å². The van der Waals surface area contributed by atoms with E-state index in [2.05, 4.69) is 29.4 Å². The van der Waals surface area contributed by atoms with E-state index >= 15 is 0 Å². The smallest absolute Gasteiger partial charge is 0.247 e. The van der Waals surface area contributed by atoms with Crippen LogP contribution in [0, 0.1) is 5.92 Å². The van der Waals surface area contributed by atoms with E-state index in [1.165, 1.54) is 10.4 Å². The first-order valence-corrected chi connectivity index (χ1v) is 14.2. The Kier molecular flexibility index (Phi) is 10.5. The van der Waals surface area contributed by atoms with E-state index in [1.54, 1.807) is 0 Å². The number of rotatable bonds is 12. The van der Waals surface area contributed by atoms with Gasteiger partial charge in [0.2, 0.25) is 10.0 Å². The predicted octanol–water partition coefficient (Wildman–Crippen LogP) is 5.22. The van der Waals surface area contributed by atoms with Crippen LogP contribution < -0.4 is 0 Å². The van der Waals surface area contributed by atoms with Crippen LogP contribution in [0.5, 0.6) is 11.5 Å². The van der Waals surface area contributed by atoms with Crippen molar-refractivity contribution < 1.29 is 23.7 Å². The number of aliphatic hydroxyl groups is 1. The molecule has 0 saturated carbocycles. The number of phenols is 2. The van der Waals surface area contributed by atoms with E-state index in [-0.39, 0.29) is 53.5 Å². The van der Waals surface area contributed by atoms with Crippen LogP contribution >= 0.6 is 15.9 Å². The molecule has 8 heteroatoms. The number of unbranched alkanes of at least 4 members (excludes halogenated alkanes) is 2. The van der Waals surface area contributed by atoms with E-state index in [0.29, 0.717) is 17.3 Å². The van der Waals surface area contributed by atoms with Crippen molar-refractivity contribution in [1.29, 1.82) is 0 Å². The third-order valence-electron chi connectivity index (χ3n) is 6.39. The number of benzene rings is 1. The van der Waals surface area contributed by atoms with Gasteiger partial charge in [0.1, 0.15) is 16.4 Å². The first-order chi connectivity index (χ1) is 15.6. The molecule has 1 aliphatic rings. The minimum atomic E-state index is -4.11. The molecule has 1 aromatic carbocycles. The fraction of sp³-hybridized carbons (Fsp3) is 0.600. The number of aromatic hydroxyl groups is 2. The van der Waals surface area contributed by atoms with Gasteiger partial charge in [-0.2, -0.15) is 4.31 Å². The van der Waals surface area contributed by atoms with Crippen molar-refractivity contribution in [2.45, 2.75) is 70.1 Å². The van der Waals surface area contributed by atoms with Gasteiger partial charge in [-0.15, -0.1) is 0 Å². The summed E-state index contributed by atoms with van der Waals surface area (Å²) in [5, 5.41) is 32.4. The Bertz CT molecular complexity index is 967. The SMILES string of the molecule is C=C(C)C1CCC(C)=CC1c1c(O)cc(CCCCC)c(S(=O)(=O)N(CCO)CCBr)c1O. The maximum Gasteiger partial charge on any atom is 0.247 e. The topological polar surface area (TPSA) is 98.1 Å².